The fraction of sp³-hybridized carbons (Fsp3) is 0.824. The van der Waals surface area contributed by atoms with Crippen LogP contribution in [-0.2, 0) is 9.53 Å². The molecule has 0 amide bonds. The van der Waals surface area contributed by atoms with E-state index in [4.69, 9.17) is 4.79 Å². The fourth-order valence-corrected chi connectivity index (χ4v) is 2.26. The molecule has 3 heteroatoms. The van der Waals surface area contributed by atoms with Crippen LogP contribution in [0, 0.1) is 23.7 Å². The minimum atomic E-state index is 0.375. The Labute approximate surface area is 124 Å². The molecule has 2 atom stereocenters. The van der Waals surface area contributed by atoms with Gasteiger partial charge in [-0.1, -0.05) is 19.8 Å². The summed E-state index contributed by atoms with van der Waals surface area (Å²) in [6, 6.07) is 0. The molecule has 116 valence electrons. The van der Waals surface area contributed by atoms with Gasteiger partial charge in [0.25, 0.3) is 6.47 Å². The zero-order valence-corrected chi connectivity index (χ0v) is 13.4. The van der Waals surface area contributed by atoms with Gasteiger partial charge in [0.05, 0.1) is 7.11 Å². The Morgan fingerprint density at radius 2 is 1.75 bits per heavy atom. The van der Waals surface area contributed by atoms with Crippen LogP contribution in [0.25, 0.3) is 0 Å². The van der Waals surface area contributed by atoms with Crippen molar-refractivity contribution in [2.75, 3.05) is 20.7 Å². The van der Waals surface area contributed by atoms with Crippen LogP contribution in [0.5, 0.6) is 0 Å². The van der Waals surface area contributed by atoms with Crippen LogP contribution in [-0.4, -0.2) is 27.2 Å². The molecule has 1 saturated carbocycles. The molecule has 0 aromatic rings. The fourth-order valence-electron chi connectivity index (χ4n) is 2.26. The molecular weight excluding hydrogens is 250 g/mol. The molecule has 2 unspecified atom stereocenters. The molecule has 20 heavy (non-hydrogen) atoms. The van der Waals surface area contributed by atoms with Crippen molar-refractivity contribution in [2.45, 2.75) is 58.3 Å². The number of hydrogen-bond acceptors (Lipinski definition) is 3. The number of nitrogens with one attached hydrogen (secondary N) is 1. The third-order valence-electron chi connectivity index (χ3n) is 3.60. The van der Waals surface area contributed by atoms with Crippen LogP contribution in [0.15, 0.2) is 0 Å². The summed E-state index contributed by atoms with van der Waals surface area (Å²) in [7, 11) is 3.31. The molecule has 2 aliphatic carbocycles. The Hall–Kier alpha value is -1.01. The first-order valence-corrected chi connectivity index (χ1v) is 7.86. The molecule has 0 spiro atoms. The van der Waals surface area contributed by atoms with Crippen LogP contribution in [0.1, 0.15) is 58.3 Å². The zero-order valence-electron chi connectivity index (χ0n) is 13.4. The Bertz CT molecular complexity index is 260. The lowest BCUT2D eigenvalue weighted by Gasteiger charge is -1.96. The molecule has 0 bridgehead atoms. The average molecular weight is 281 g/mol. The summed E-state index contributed by atoms with van der Waals surface area (Å²) in [5, 5.41) is 3.10. The van der Waals surface area contributed by atoms with E-state index < -0.39 is 0 Å². The first kappa shape index (κ1) is 19.0. The zero-order chi connectivity index (χ0) is 15.1. The Kier molecular flexibility index (Phi) is 13.7. The first-order valence-electron chi connectivity index (χ1n) is 7.86. The monoisotopic (exact) mass is 281 g/mol. The molecule has 1 N–H and O–H groups in total. The standard InChI is InChI=1S/C9H12.C6H15N.C2H4O2/c1-2-4-6-9-7-8(9)5-3-1;1-3-4-5-6-7-2;1-4-2-3/h8-9H,3-7H2;7H,3-6H2,1-2H3;2H,1H3. The Balaban J connectivity index is 0.000000296. The van der Waals surface area contributed by atoms with Crippen molar-refractivity contribution < 1.29 is 9.53 Å². The normalized spacial score (nSPS) is 21.9. The number of unbranched alkanes of at least 4 members (excludes halogenated alkanes) is 2. The first-order chi connectivity index (χ1) is 9.79. The molecule has 1 fully saturated rings. The van der Waals surface area contributed by atoms with E-state index in [0.29, 0.717) is 6.47 Å². The largest absolute Gasteiger partial charge is 0.471 e. The lowest BCUT2D eigenvalue weighted by atomic mass is 10.1. The van der Waals surface area contributed by atoms with Gasteiger partial charge in [0.15, 0.2) is 0 Å². The summed E-state index contributed by atoms with van der Waals surface area (Å²) < 4.78 is 3.86. The molecule has 0 aromatic heterocycles. The smallest absolute Gasteiger partial charge is 0.292 e. The number of hydrogen-bond donors (Lipinski definition) is 1. The van der Waals surface area contributed by atoms with Gasteiger partial charge in [0.1, 0.15) is 0 Å². The van der Waals surface area contributed by atoms with Crippen molar-refractivity contribution in [2.24, 2.45) is 11.8 Å². The summed E-state index contributed by atoms with van der Waals surface area (Å²) in [5.74, 6) is 8.55. The minimum Gasteiger partial charge on any atom is -0.471 e. The van der Waals surface area contributed by atoms with Crippen molar-refractivity contribution in [1.29, 1.82) is 0 Å². The lowest BCUT2D eigenvalue weighted by molar-refractivity contribution is -0.126. The lowest BCUT2D eigenvalue weighted by Crippen LogP contribution is -2.06. The van der Waals surface area contributed by atoms with Gasteiger partial charge in [-0.3, -0.25) is 4.79 Å². The number of ether oxygens (including phenoxy) is 1. The summed E-state index contributed by atoms with van der Waals surface area (Å²) in [6.45, 7) is 3.77. The van der Waals surface area contributed by atoms with Crippen molar-refractivity contribution in [1.82, 2.24) is 5.32 Å². The van der Waals surface area contributed by atoms with Crippen LogP contribution in [0.4, 0.5) is 0 Å². The molecular formula is C17H31NO2. The highest BCUT2D eigenvalue weighted by molar-refractivity contribution is 5.36. The van der Waals surface area contributed by atoms with E-state index in [1.807, 2.05) is 7.05 Å². The van der Waals surface area contributed by atoms with Crippen LogP contribution >= 0.6 is 0 Å². The predicted octanol–water partition coefficient (Wildman–Crippen LogP) is 3.39. The Morgan fingerprint density at radius 3 is 2.15 bits per heavy atom. The summed E-state index contributed by atoms with van der Waals surface area (Å²) in [6.07, 6.45) is 10.6. The maximum atomic E-state index is 8.95. The summed E-state index contributed by atoms with van der Waals surface area (Å²) in [4.78, 5) is 8.95. The summed E-state index contributed by atoms with van der Waals surface area (Å²) in [5.41, 5.74) is 0. The van der Waals surface area contributed by atoms with Gasteiger partial charge in [0, 0.05) is 12.8 Å². The number of rotatable bonds is 5. The van der Waals surface area contributed by atoms with Gasteiger partial charge >= 0.3 is 0 Å². The van der Waals surface area contributed by atoms with E-state index in [-0.39, 0.29) is 0 Å². The molecule has 0 saturated heterocycles. The van der Waals surface area contributed by atoms with Crippen molar-refractivity contribution >= 4 is 6.47 Å². The quantitative estimate of drug-likeness (QED) is 0.477. The molecule has 0 heterocycles. The molecule has 3 nitrogen and oxygen atoms in total. The maximum absolute atomic E-state index is 8.95. The van der Waals surface area contributed by atoms with Gasteiger partial charge < -0.3 is 10.1 Å². The SMILES string of the molecule is C1#CCCC2CC2CC1.CCCCCNC.COC=O. The average Bonchev–Trinajstić information content (AvgIpc) is 3.17. The second-order valence-corrected chi connectivity index (χ2v) is 5.33. The number of methoxy groups -OCH3 is 1. The molecule has 2 rings (SSSR count). The van der Waals surface area contributed by atoms with E-state index in [2.05, 4.69) is 28.8 Å². The molecule has 0 aliphatic heterocycles. The van der Waals surface area contributed by atoms with E-state index in [0.717, 1.165) is 11.8 Å². The minimum absolute atomic E-state index is 0.375. The van der Waals surface area contributed by atoms with Gasteiger partial charge in [-0.2, -0.15) is 0 Å². The van der Waals surface area contributed by atoms with Crippen molar-refractivity contribution in [3.05, 3.63) is 0 Å². The van der Waals surface area contributed by atoms with Crippen LogP contribution in [0.3, 0.4) is 0 Å². The highest BCUT2D eigenvalue weighted by atomic mass is 16.5. The van der Waals surface area contributed by atoms with E-state index >= 15 is 0 Å². The molecule has 2 aliphatic rings. The third-order valence-corrected chi connectivity index (χ3v) is 3.60. The van der Waals surface area contributed by atoms with E-state index in [9.17, 15) is 0 Å². The predicted molar refractivity (Wildman–Crippen MR) is 84.4 cm³/mol. The second-order valence-electron chi connectivity index (χ2n) is 5.33. The highest BCUT2D eigenvalue weighted by Crippen LogP contribution is 2.45. The van der Waals surface area contributed by atoms with Crippen molar-refractivity contribution in [3.63, 3.8) is 0 Å². The molecule has 0 radical (unpaired) electrons. The van der Waals surface area contributed by atoms with E-state index in [1.165, 1.54) is 65.0 Å². The van der Waals surface area contributed by atoms with Crippen LogP contribution < -0.4 is 5.32 Å². The summed E-state index contributed by atoms with van der Waals surface area (Å²) >= 11 is 0. The van der Waals surface area contributed by atoms with Gasteiger partial charge in [-0.15, -0.1) is 11.8 Å². The van der Waals surface area contributed by atoms with E-state index in [1.54, 1.807) is 0 Å². The second kappa shape index (κ2) is 14.4. The maximum Gasteiger partial charge on any atom is 0.292 e. The topological polar surface area (TPSA) is 38.3 Å². The highest BCUT2D eigenvalue weighted by Gasteiger charge is 2.35. The Morgan fingerprint density at radius 1 is 1.20 bits per heavy atom. The number of carbonyl (C=O) groups excluding carboxylic acids is 1. The molecule has 0 aromatic carbocycles. The van der Waals surface area contributed by atoms with Gasteiger partial charge in [-0.05, 0) is 51.1 Å². The number of carbonyl (C=O) groups is 1. The third kappa shape index (κ3) is 12.0. The van der Waals surface area contributed by atoms with Crippen LogP contribution in [0.2, 0.25) is 0 Å². The van der Waals surface area contributed by atoms with Gasteiger partial charge in [-0.25, -0.2) is 0 Å². The van der Waals surface area contributed by atoms with Gasteiger partial charge in [0.2, 0.25) is 0 Å². The number of fused-ring (bicyclic) bond motifs is 1. The van der Waals surface area contributed by atoms with Crippen molar-refractivity contribution in [3.8, 4) is 11.8 Å².